The monoisotopic (exact) mass is 237 g/mol. The van der Waals surface area contributed by atoms with Crippen LogP contribution >= 0.6 is 11.3 Å². The summed E-state index contributed by atoms with van der Waals surface area (Å²) in [5, 5.41) is 13.2. The summed E-state index contributed by atoms with van der Waals surface area (Å²) in [6.07, 6.45) is 0. The molecular formula is C11H15N3OS. The molecule has 16 heavy (non-hydrogen) atoms. The molecule has 0 saturated heterocycles. The maximum absolute atomic E-state index is 5.51. The normalized spacial score (nSPS) is 12.8. The molecule has 0 bridgehead atoms. The van der Waals surface area contributed by atoms with E-state index in [1.165, 1.54) is 5.56 Å². The summed E-state index contributed by atoms with van der Waals surface area (Å²) in [4.78, 5) is 0. The molecule has 86 valence electrons. The first kappa shape index (κ1) is 11.1. The number of anilines is 1. The molecule has 2 heterocycles. The molecule has 0 saturated carbocycles. The highest BCUT2D eigenvalue weighted by molar-refractivity contribution is 7.15. The molecule has 0 amide bonds. The van der Waals surface area contributed by atoms with E-state index < -0.39 is 0 Å². The molecule has 4 nitrogen and oxygen atoms in total. The molecule has 0 spiro atoms. The van der Waals surface area contributed by atoms with Crippen molar-refractivity contribution in [3.05, 3.63) is 28.2 Å². The Morgan fingerprint density at radius 1 is 1.31 bits per heavy atom. The summed E-state index contributed by atoms with van der Waals surface area (Å²) >= 11 is 1.56. The Morgan fingerprint density at radius 2 is 2.06 bits per heavy atom. The van der Waals surface area contributed by atoms with E-state index in [9.17, 15) is 0 Å². The standard InChI is InChI=1S/C11H15N3OS/c1-6-5-10(8(3)15-6)7(2)12-11-14-13-9(4)16-11/h5,7H,1-4H3,(H,12,14). The van der Waals surface area contributed by atoms with Gasteiger partial charge in [0.1, 0.15) is 16.5 Å². The fourth-order valence-corrected chi connectivity index (χ4v) is 2.38. The number of nitrogens with zero attached hydrogens (tertiary/aromatic N) is 2. The molecule has 0 aliphatic heterocycles. The number of rotatable bonds is 3. The second-order valence-electron chi connectivity index (χ2n) is 3.86. The van der Waals surface area contributed by atoms with Gasteiger partial charge in [0.25, 0.3) is 0 Å². The van der Waals surface area contributed by atoms with E-state index in [-0.39, 0.29) is 6.04 Å². The quantitative estimate of drug-likeness (QED) is 0.890. The summed E-state index contributed by atoms with van der Waals surface area (Å²) < 4.78 is 5.51. The van der Waals surface area contributed by atoms with Crippen LogP contribution in [0.25, 0.3) is 0 Å². The number of hydrogen-bond acceptors (Lipinski definition) is 5. The Hall–Kier alpha value is -1.36. The van der Waals surface area contributed by atoms with Crippen molar-refractivity contribution < 1.29 is 4.42 Å². The van der Waals surface area contributed by atoms with Gasteiger partial charge in [-0.25, -0.2) is 0 Å². The molecule has 2 aromatic rings. The zero-order valence-corrected chi connectivity index (χ0v) is 10.7. The topological polar surface area (TPSA) is 51.0 Å². The van der Waals surface area contributed by atoms with Crippen LogP contribution in [0.2, 0.25) is 0 Å². The Morgan fingerprint density at radius 3 is 2.56 bits per heavy atom. The van der Waals surface area contributed by atoms with Crippen LogP contribution in [0.3, 0.4) is 0 Å². The van der Waals surface area contributed by atoms with Crippen LogP contribution in [0.4, 0.5) is 5.13 Å². The third-order valence-corrected chi connectivity index (χ3v) is 3.18. The third-order valence-electron chi connectivity index (χ3n) is 2.41. The largest absolute Gasteiger partial charge is 0.466 e. The van der Waals surface area contributed by atoms with E-state index >= 15 is 0 Å². The summed E-state index contributed by atoms with van der Waals surface area (Å²) in [7, 11) is 0. The third kappa shape index (κ3) is 2.24. The lowest BCUT2D eigenvalue weighted by molar-refractivity contribution is 0.500. The molecule has 0 radical (unpaired) electrons. The van der Waals surface area contributed by atoms with Gasteiger partial charge in [-0.2, -0.15) is 0 Å². The van der Waals surface area contributed by atoms with Gasteiger partial charge >= 0.3 is 0 Å². The van der Waals surface area contributed by atoms with Gasteiger partial charge in [0.05, 0.1) is 6.04 Å². The number of hydrogen-bond donors (Lipinski definition) is 1. The summed E-state index contributed by atoms with van der Waals surface area (Å²) in [5.41, 5.74) is 1.17. The molecule has 2 rings (SSSR count). The van der Waals surface area contributed by atoms with Crippen molar-refractivity contribution in [2.75, 3.05) is 5.32 Å². The van der Waals surface area contributed by atoms with Crippen LogP contribution in [0, 0.1) is 20.8 Å². The highest BCUT2D eigenvalue weighted by atomic mass is 32.1. The first-order valence-corrected chi connectivity index (χ1v) is 6.01. The summed E-state index contributed by atoms with van der Waals surface area (Å²) in [6, 6.07) is 2.24. The smallest absolute Gasteiger partial charge is 0.206 e. The van der Waals surface area contributed by atoms with Crippen LogP contribution < -0.4 is 5.32 Å². The van der Waals surface area contributed by atoms with Gasteiger partial charge in [0.15, 0.2) is 0 Å². The van der Waals surface area contributed by atoms with Gasteiger partial charge in [-0.05, 0) is 33.8 Å². The lowest BCUT2D eigenvalue weighted by Gasteiger charge is -2.10. The van der Waals surface area contributed by atoms with Crippen LogP contribution in [-0.2, 0) is 0 Å². The molecule has 0 fully saturated rings. The van der Waals surface area contributed by atoms with Crippen molar-refractivity contribution in [3.63, 3.8) is 0 Å². The van der Waals surface area contributed by atoms with Crippen LogP contribution in [0.5, 0.6) is 0 Å². The summed E-state index contributed by atoms with van der Waals surface area (Å²) in [6.45, 7) is 7.97. The highest BCUT2D eigenvalue weighted by Crippen LogP contribution is 2.25. The zero-order valence-electron chi connectivity index (χ0n) is 9.87. The van der Waals surface area contributed by atoms with Gasteiger partial charge in [-0.1, -0.05) is 11.3 Å². The van der Waals surface area contributed by atoms with E-state index in [2.05, 4.69) is 28.5 Å². The minimum atomic E-state index is 0.185. The minimum Gasteiger partial charge on any atom is -0.466 e. The Labute approximate surface area is 98.7 Å². The van der Waals surface area contributed by atoms with Gasteiger partial charge in [-0.3, -0.25) is 0 Å². The maximum Gasteiger partial charge on any atom is 0.206 e. The number of aromatic nitrogens is 2. The lowest BCUT2D eigenvalue weighted by atomic mass is 10.1. The van der Waals surface area contributed by atoms with E-state index in [4.69, 9.17) is 4.42 Å². The van der Waals surface area contributed by atoms with Crippen LogP contribution in [0.15, 0.2) is 10.5 Å². The predicted molar refractivity (Wildman–Crippen MR) is 64.9 cm³/mol. The van der Waals surface area contributed by atoms with E-state index in [1.807, 2.05) is 20.8 Å². The number of nitrogens with one attached hydrogen (secondary N) is 1. The van der Waals surface area contributed by atoms with Gasteiger partial charge in [-0.15, -0.1) is 10.2 Å². The average Bonchev–Trinajstić information content (AvgIpc) is 2.73. The first-order valence-electron chi connectivity index (χ1n) is 5.20. The highest BCUT2D eigenvalue weighted by Gasteiger charge is 2.13. The van der Waals surface area contributed by atoms with Crippen LogP contribution in [-0.4, -0.2) is 10.2 Å². The molecule has 1 unspecified atom stereocenters. The zero-order chi connectivity index (χ0) is 11.7. The minimum absolute atomic E-state index is 0.185. The molecular weight excluding hydrogens is 222 g/mol. The fourth-order valence-electron chi connectivity index (χ4n) is 1.70. The maximum atomic E-state index is 5.51. The lowest BCUT2D eigenvalue weighted by Crippen LogP contribution is -2.06. The fraction of sp³-hybridized carbons (Fsp3) is 0.455. The van der Waals surface area contributed by atoms with Crippen molar-refractivity contribution in [3.8, 4) is 0 Å². The van der Waals surface area contributed by atoms with Gasteiger partial charge in [0.2, 0.25) is 5.13 Å². The van der Waals surface area contributed by atoms with Gasteiger partial charge in [0, 0.05) is 5.56 Å². The van der Waals surface area contributed by atoms with Crippen molar-refractivity contribution in [1.82, 2.24) is 10.2 Å². The molecule has 1 N–H and O–H groups in total. The second-order valence-corrected chi connectivity index (χ2v) is 5.04. The Bertz CT molecular complexity index is 489. The molecule has 2 aromatic heterocycles. The predicted octanol–water partition coefficient (Wildman–Crippen LogP) is 3.23. The molecule has 0 aromatic carbocycles. The van der Waals surface area contributed by atoms with E-state index in [0.29, 0.717) is 0 Å². The molecule has 5 heteroatoms. The van der Waals surface area contributed by atoms with Crippen molar-refractivity contribution in [2.45, 2.75) is 33.7 Å². The first-order chi connectivity index (χ1) is 7.56. The molecule has 0 aliphatic carbocycles. The summed E-state index contributed by atoms with van der Waals surface area (Å²) in [5.74, 6) is 1.90. The molecule has 0 aliphatic rings. The molecule has 1 atom stereocenters. The Kier molecular flexibility index (Phi) is 2.96. The number of furan rings is 1. The SMILES string of the molecule is Cc1cc(C(C)Nc2nnc(C)s2)c(C)o1. The van der Waals surface area contributed by atoms with Crippen molar-refractivity contribution in [1.29, 1.82) is 0 Å². The van der Waals surface area contributed by atoms with Crippen LogP contribution in [0.1, 0.15) is 35.1 Å². The average molecular weight is 237 g/mol. The second kappa shape index (κ2) is 4.25. The van der Waals surface area contributed by atoms with Crippen molar-refractivity contribution in [2.24, 2.45) is 0 Å². The van der Waals surface area contributed by atoms with Gasteiger partial charge < -0.3 is 9.73 Å². The number of aryl methyl sites for hydroxylation is 3. The van der Waals surface area contributed by atoms with Crippen molar-refractivity contribution >= 4 is 16.5 Å². The Balaban J connectivity index is 2.14. The van der Waals surface area contributed by atoms with E-state index in [1.54, 1.807) is 11.3 Å². The van der Waals surface area contributed by atoms with E-state index in [0.717, 1.165) is 21.7 Å².